The van der Waals surface area contributed by atoms with E-state index in [-0.39, 0.29) is 18.3 Å². The Bertz CT molecular complexity index is 479. The number of likely N-dealkylation sites (tertiary alicyclic amines) is 1. The van der Waals surface area contributed by atoms with E-state index in [0.717, 1.165) is 12.4 Å². The van der Waals surface area contributed by atoms with Crippen molar-refractivity contribution in [1.29, 1.82) is 0 Å². The van der Waals surface area contributed by atoms with Gasteiger partial charge in [-0.15, -0.1) is 0 Å². The predicted molar refractivity (Wildman–Crippen MR) is 78.1 cm³/mol. The number of aromatic nitrogens is 3. The van der Waals surface area contributed by atoms with Crippen molar-refractivity contribution < 1.29 is 19.8 Å². The number of carbonyl (C=O) groups excluding carboxylic acids is 1. The van der Waals surface area contributed by atoms with E-state index in [1.54, 1.807) is 0 Å². The minimum atomic E-state index is -0.540. The first kappa shape index (κ1) is 18.1. The van der Waals surface area contributed by atoms with Crippen LogP contribution in [0, 0.1) is 12.8 Å². The summed E-state index contributed by atoms with van der Waals surface area (Å²) >= 11 is 0. The maximum atomic E-state index is 12.0. The number of aliphatic hydroxyl groups is 1. The summed E-state index contributed by atoms with van der Waals surface area (Å²) in [6.45, 7) is 3.51. The number of piperidine rings is 1. The Balaban J connectivity index is 0.000000745. The summed E-state index contributed by atoms with van der Waals surface area (Å²) in [5.41, 5.74) is 0. The van der Waals surface area contributed by atoms with Crippen LogP contribution in [0.1, 0.15) is 18.1 Å². The van der Waals surface area contributed by atoms with Gasteiger partial charge in [0.15, 0.2) is 5.82 Å². The fourth-order valence-corrected chi connectivity index (χ4v) is 2.29. The molecule has 0 bridgehead atoms. The number of aromatic amines is 1. The maximum absolute atomic E-state index is 12.0. The van der Waals surface area contributed by atoms with Gasteiger partial charge in [-0.2, -0.15) is 5.10 Å². The van der Waals surface area contributed by atoms with Crippen LogP contribution >= 0.6 is 0 Å². The highest BCUT2D eigenvalue weighted by molar-refractivity contribution is 5.79. The van der Waals surface area contributed by atoms with Crippen molar-refractivity contribution in [3.63, 3.8) is 0 Å². The van der Waals surface area contributed by atoms with Gasteiger partial charge in [0.1, 0.15) is 5.82 Å². The molecule has 1 aromatic rings. The first-order chi connectivity index (χ1) is 10.5. The van der Waals surface area contributed by atoms with Gasteiger partial charge in [0.05, 0.1) is 12.0 Å². The average molecular weight is 313 g/mol. The van der Waals surface area contributed by atoms with E-state index in [1.807, 2.05) is 14.0 Å². The summed E-state index contributed by atoms with van der Waals surface area (Å²) in [7, 11) is 1.96. The molecule has 1 aliphatic heterocycles. The fourth-order valence-electron chi connectivity index (χ4n) is 2.29. The standard InChI is InChI=1S/C12H21N5O2.CH2O2/c1-8-14-11(16-15-8)3-5-13-12(19)9-7-17(2)6-4-10(9)18;2-1-3/h9-10,18H,3-7H2,1-2H3,(H,13,19)(H,14,15,16);1H,(H,2,3)/t9-,10+;/m1./s1. The lowest BCUT2D eigenvalue weighted by molar-refractivity contribution is -0.131. The average Bonchev–Trinajstić information content (AvgIpc) is 2.88. The van der Waals surface area contributed by atoms with Crippen molar-refractivity contribution in [2.24, 2.45) is 5.92 Å². The normalized spacial score (nSPS) is 21.6. The van der Waals surface area contributed by atoms with Crippen molar-refractivity contribution in [1.82, 2.24) is 25.4 Å². The molecule has 9 nitrogen and oxygen atoms in total. The Morgan fingerprint density at radius 1 is 1.59 bits per heavy atom. The third-order valence-electron chi connectivity index (χ3n) is 3.41. The second-order valence-corrected chi connectivity index (χ2v) is 5.21. The molecule has 1 aromatic heterocycles. The number of hydrogen-bond donors (Lipinski definition) is 4. The van der Waals surface area contributed by atoms with Crippen LogP contribution in [-0.2, 0) is 16.0 Å². The van der Waals surface area contributed by atoms with E-state index in [1.165, 1.54) is 0 Å². The van der Waals surface area contributed by atoms with Crippen molar-refractivity contribution >= 4 is 12.4 Å². The third-order valence-corrected chi connectivity index (χ3v) is 3.41. The molecule has 2 atom stereocenters. The number of aliphatic hydroxyl groups excluding tert-OH is 1. The van der Waals surface area contributed by atoms with Crippen LogP contribution in [0.4, 0.5) is 0 Å². The number of aryl methyl sites for hydroxylation is 1. The molecule has 0 unspecified atom stereocenters. The molecular formula is C13H23N5O4. The van der Waals surface area contributed by atoms with E-state index in [0.29, 0.717) is 31.8 Å². The first-order valence-corrected chi connectivity index (χ1v) is 7.08. The molecule has 124 valence electrons. The summed E-state index contributed by atoms with van der Waals surface area (Å²) in [4.78, 5) is 26.6. The number of amides is 1. The zero-order chi connectivity index (χ0) is 16.5. The molecule has 2 rings (SSSR count). The van der Waals surface area contributed by atoms with Gasteiger partial charge in [0.25, 0.3) is 6.47 Å². The molecule has 1 saturated heterocycles. The highest BCUT2D eigenvalue weighted by Gasteiger charge is 2.31. The van der Waals surface area contributed by atoms with Gasteiger partial charge in [-0.3, -0.25) is 14.7 Å². The second kappa shape index (κ2) is 9.11. The minimum Gasteiger partial charge on any atom is -0.483 e. The molecular weight excluding hydrogens is 290 g/mol. The smallest absolute Gasteiger partial charge is 0.290 e. The van der Waals surface area contributed by atoms with E-state index in [9.17, 15) is 9.90 Å². The summed E-state index contributed by atoms with van der Waals surface area (Å²) in [5.74, 6) is 1.03. The van der Waals surface area contributed by atoms with E-state index >= 15 is 0 Å². The van der Waals surface area contributed by atoms with E-state index in [4.69, 9.17) is 9.90 Å². The summed E-state index contributed by atoms with van der Waals surface area (Å²) in [5, 5.41) is 26.4. The van der Waals surface area contributed by atoms with Crippen molar-refractivity contribution in [3.05, 3.63) is 11.6 Å². The molecule has 22 heavy (non-hydrogen) atoms. The van der Waals surface area contributed by atoms with Gasteiger partial charge >= 0.3 is 0 Å². The Hall–Kier alpha value is -2.00. The largest absolute Gasteiger partial charge is 0.483 e. The van der Waals surface area contributed by atoms with Crippen molar-refractivity contribution in [2.45, 2.75) is 25.9 Å². The summed E-state index contributed by atoms with van der Waals surface area (Å²) in [6.07, 6.45) is 0.700. The van der Waals surface area contributed by atoms with Gasteiger partial charge in [0.2, 0.25) is 5.91 Å². The number of carbonyl (C=O) groups is 2. The summed E-state index contributed by atoms with van der Waals surface area (Å²) < 4.78 is 0. The molecule has 0 aliphatic carbocycles. The predicted octanol–water partition coefficient (Wildman–Crippen LogP) is -1.21. The number of nitrogens with zero attached hydrogens (tertiary/aromatic N) is 3. The number of rotatable bonds is 4. The lowest BCUT2D eigenvalue weighted by Crippen LogP contribution is -2.49. The molecule has 1 aliphatic rings. The Morgan fingerprint density at radius 2 is 2.27 bits per heavy atom. The topological polar surface area (TPSA) is 131 Å². The molecule has 0 saturated carbocycles. The molecule has 4 N–H and O–H groups in total. The molecule has 0 aromatic carbocycles. The SMILES string of the molecule is Cc1nc(CCNC(=O)[C@@H]2CN(C)CC[C@@H]2O)n[nH]1.O=CO. The van der Waals surface area contributed by atoms with Crippen molar-refractivity contribution in [3.8, 4) is 0 Å². The Morgan fingerprint density at radius 3 is 2.86 bits per heavy atom. The number of carboxylic acid groups (broad SMARTS) is 1. The molecule has 1 fully saturated rings. The highest BCUT2D eigenvalue weighted by atomic mass is 16.3. The van der Waals surface area contributed by atoms with Crippen LogP contribution < -0.4 is 5.32 Å². The molecule has 0 radical (unpaired) electrons. The van der Waals surface area contributed by atoms with Crippen LogP contribution in [0.2, 0.25) is 0 Å². The van der Waals surface area contributed by atoms with Crippen LogP contribution in [0.25, 0.3) is 0 Å². The molecule has 1 amide bonds. The minimum absolute atomic E-state index is 0.0914. The number of nitrogens with one attached hydrogen (secondary N) is 2. The maximum Gasteiger partial charge on any atom is 0.290 e. The lowest BCUT2D eigenvalue weighted by Gasteiger charge is -2.32. The highest BCUT2D eigenvalue weighted by Crippen LogP contribution is 2.15. The Kier molecular flexibility index (Phi) is 7.47. The van der Waals surface area contributed by atoms with Crippen LogP contribution in [0.5, 0.6) is 0 Å². The molecule has 0 spiro atoms. The first-order valence-electron chi connectivity index (χ1n) is 7.08. The molecule has 9 heteroatoms. The van der Waals surface area contributed by atoms with Gasteiger partial charge in [-0.25, -0.2) is 4.98 Å². The monoisotopic (exact) mass is 313 g/mol. The Labute approximate surface area is 128 Å². The van der Waals surface area contributed by atoms with E-state index < -0.39 is 6.10 Å². The quantitative estimate of drug-likeness (QED) is 0.513. The van der Waals surface area contributed by atoms with Gasteiger partial charge in [-0.1, -0.05) is 0 Å². The third kappa shape index (κ3) is 5.78. The van der Waals surface area contributed by atoms with Gasteiger partial charge in [0, 0.05) is 26.1 Å². The van der Waals surface area contributed by atoms with E-state index in [2.05, 4.69) is 25.4 Å². The second-order valence-electron chi connectivity index (χ2n) is 5.21. The van der Waals surface area contributed by atoms with Gasteiger partial charge in [-0.05, 0) is 20.4 Å². The fraction of sp³-hybridized carbons (Fsp3) is 0.692. The number of hydrogen-bond acceptors (Lipinski definition) is 6. The van der Waals surface area contributed by atoms with Crippen LogP contribution in [0.15, 0.2) is 0 Å². The molecule has 2 heterocycles. The number of H-pyrrole nitrogens is 1. The van der Waals surface area contributed by atoms with Gasteiger partial charge < -0.3 is 20.4 Å². The zero-order valence-corrected chi connectivity index (χ0v) is 12.8. The zero-order valence-electron chi connectivity index (χ0n) is 12.8. The van der Waals surface area contributed by atoms with Crippen LogP contribution in [0.3, 0.4) is 0 Å². The lowest BCUT2D eigenvalue weighted by atomic mass is 9.94. The van der Waals surface area contributed by atoms with Crippen LogP contribution in [-0.4, -0.2) is 75.5 Å². The van der Waals surface area contributed by atoms with Crippen molar-refractivity contribution in [2.75, 3.05) is 26.7 Å². The summed E-state index contributed by atoms with van der Waals surface area (Å²) in [6, 6.07) is 0.